The number of ether oxygens (including phenoxy) is 3. The van der Waals surface area contributed by atoms with E-state index in [1.165, 1.54) is 77.0 Å². The Morgan fingerprint density at radius 2 is 0.907 bits per heavy atom. The minimum atomic E-state index is -4.18. The molecule has 0 spiro atoms. The highest BCUT2D eigenvalue weighted by atomic mass is 19.4. The van der Waals surface area contributed by atoms with Gasteiger partial charge in [-0.2, -0.15) is 26.3 Å². The molecule has 0 unspecified atom stereocenters. The van der Waals surface area contributed by atoms with E-state index in [4.69, 9.17) is 14.2 Å². The number of alkyl halides is 6. The summed E-state index contributed by atoms with van der Waals surface area (Å²) < 4.78 is 92.6. The smallest absolute Gasteiger partial charge is 0.389 e. The molecule has 0 N–H and O–H groups in total. The van der Waals surface area contributed by atoms with Crippen LogP contribution in [0.5, 0.6) is 11.5 Å². The number of halogens is 6. The van der Waals surface area contributed by atoms with Gasteiger partial charge in [0.15, 0.2) is 0 Å². The Morgan fingerprint density at radius 1 is 0.493 bits per heavy atom. The fourth-order valence-corrected chi connectivity index (χ4v) is 10.5. The molecule has 2 saturated carbocycles. The van der Waals surface area contributed by atoms with Gasteiger partial charge in [0.2, 0.25) is 0 Å². The van der Waals surface area contributed by atoms with Gasteiger partial charge in [-0.25, -0.2) is 0 Å². The number of allylic oxidation sites excluding steroid dienone is 5. The summed E-state index contributed by atoms with van der Waals surface area (Å²) >= 11 is 0. The molecule has 3 nitrogen and oxygen atoms in total. The van der Waals surface area contributed by atoms with Crippen LogP contribution in [-0.4, -0.2) is 32.2 Å². The predicted octanol–water partition coefficient (Wildman–Crippen LogP) is 19.9. The molecule has 0 amide bonds. The highest BCUT2D eigenvalue weighted by Gasteiger charge is 2.33. The standard InChI is InChI=1S/C66H80F6O3/c1-50(17-19-56-21-25-58(26-22-56)47-51(2)60-29-33-62(34-30-60)73-45-11-40-65(67,68)69)37-42-64(43-38-54-13-7-5-8-14-54,44-39-55-15-9-6-10-16-55)49-75-53(4)18-20-57-23-27-59(28-24-57)48-52(3)61-31-35-63(36-32-61)74-46-12-41-66(70,71)72/h17-36,54-55H,1-16,37-49H2/b19-17+,20-18+. The molecule has 0 radical (unpaired) electrons. The normalized spacial score (nSPS) is 15.1. The monoisotopic (exact) mass is 1030 g/mol. The van der Waals surface area contributed by atoms with Gasteiger partial charge in [0, 0.05) is 18.3 Å². The lowest BCUT2D eigenvalue weighted by Gasteiger charge is -2.37. The lowest BCUT2D eigenvalue weighted by atomic mass is 9.70. The molecule has 75 heavy (non-hydrogen) atoms. The summed E-state index contributed by atoms with van der Waals surface area (Å²) in [6.07, 6.45) is 19.5. The third-order valence-electron chi connectivity index (χ3n) is 15.2. The molecule has 404 valence electrons. The van der Waals surface area contributed by atoms with E-state index < -0.39 is 25.2 Å². The number of benzene rings is 4. The summed E-state index contributed by atoms with van der Waals surface area (Å²) in [5, 5.41) is 0. The van der Waals surface area contributed by atoms with Crippen LogP contribution in [0.1, 0.15) is 162 Å². The highest BCUT2D eigenvalue weighted by molar-refractivity contribution is 5.67. The second-order valence-electron chi connectivity index (χ2n) is 21.4. The van der Waals surface area contributed by atoms with Gasteiger partial charge in [0.05, 0.1) is 19.8 Å². The van der Waals surface area contributed by atoms with Gasteiger partial charge in [-0.05, 0) is 151 Å². The first kappa shape index (κ1) is 58.6. The third-order valence-corrected chi connectivity index (χ3v) is 15.2. The summed E-state index contributed by atoms with van der Waals surface area (Å²) in [5.41, 5.74) is 9.31. The van der Waals surface area contributed by atoms with E-state index in [2.05, 4.69) is 93.1 Å². The first-order valence-corrected chi connectivity index (χ1v) is 27.5. The lowest BCUT2D eigenvalue weighted by molar-refractivity contribution is -0.137. The summed E-state index contributed by atoms with van der Waals surface area (Å²) in [7, 11) is 0. The molecule has 9 heteroatoms. The van der Waals surface area contributed by atoms with Crippen LogP contribution < -0.4 is 9.47 Å². The summed E-state index contributed by atoms with van der Waals surface area (Å²) in [4.78, 5) is 0. The molecule has 0 saturated heterocycles. The SMILES string of the molecule is C=C(/C=C/c1ccc(CC(=C)c2ccc(OCCCC(F)(F)F)cc2)cc1)CCC(CCC1CCCCC1)(CCC1CCCCC1)COC(=C)/C=C/c1ccc(CC(=C)c2ccc(OCCCC(F)(F)F)cc2)cc1. The average Bonchev–Trinajstić information content (AvgIpc) is 3.40. The molecule has 0 atom stereocenters. The molecule has 4 aromatic rings. The van der Waals surface area contributed by atoms with Crippen LogP contribution in [-0.2, 0) is 17.6 Å². The van der Waals surface area contributed by atoms with Crippen LogP contribution in [0.4, 0.5) is 26.3 Å². The van der Waals surface area contributed by atoms with Crippen molar-refractivity contribution in [1.29, 1.82) is 0 Å². The first-order chi connectivity index (χ1) is 36.0. The van der Waals surface area contributed by atoms with E-state index in [1.54, 1.807) is 24.3 Å². The van der Waals surface area contributed by atoms with Gasteiger partial charge in [-0.1, -0.05) is 187 Å². The van der Waals surface area contributed by atoms with Crippen molar-refractivity contribution in [2.24, 2.45) is 17.3 Å². The van der Waals surface area contributed by atoms with Crippen LogP contribution in [0.25, 0.3) is 23.3 Å². The van der Waals surface area contributed by atoms with E-state index >= 15 is 0 Å². The van der Waals surface area contributed by atoms with E-state index in [9.17, 15) is 26.3 Å². The maximum absolute atomic E-state index is 12.5. The second kappa shape index (κ2) is 29.6. The Balaban J connectivity index is 1.03. The zero-order chi connectivity index (χ0) is 53.5. The van der Waals surface area contributed by atoms with Crippen molar-refractivity contribution in [3.8, 4) is 11.5 Å². The number of hydrogen-bond donors (Lipinski definition) is 0. The van der Waals surface area contributed by atoms with Crippen molar-refractivity contribution in [1.82, 2.24) is 0 Å². The Labute approximate surface area is 444 Å². The lowest BCUT2D eigenvalue weighted by Crippen LogP contribution is -2.29. The molecule has 0 heterocycles. The quantitative estimate of drug-likeness (QED) is 0.0225. The summed E-state index contributed by atoms with van der Waals surface area (Å²) in [6.45, 7) is 18.2. The van der Waals surface area contributed by atoms with Crippen LogP contribution in [0, 0.1) is 17.3 Å². The maximum atomic E-state index is 12.5. The largest absolute Gasteiger partial charge is 0.494 e. The van der Waals surface area contributed by atoms with Crippen LogP contribution >= 0.6 is 0 Å². The zero-order valence-electron chi connectivity index (χ0n) is 44.2. The van der Waals surface area contributed by atoms with Crippen LogP contribution in [0.2, 0.25) is 0 Å². The molecular formula is C66H80F6O3. The van der Waals surface area contributed by atoms with Crippen molar-refractivity contribution in [3.63, 3.8) is 0 Å². The Morgan fingerprint density at radius 3 is 1.32 bits per heavy atom. The van der Waals surface area contributed by atoms with E-state index in [-0.39, 0.29) is 31.5 Å². The van der Waals surface area contributed by atoms with E-state index in [0.717, 1.165) is 87.6 Å². The molecule has 2 aliphatic carbocycles. The zero-order valence-corrected chi connectivity index (χ0v) is 44.2. The van der Waals surface area contributed by atoms with Crippen molar-refractivity contribution >= 4 is 23.3 Å². The van der Waals surface area contributed by atoms with Gasteiger partial charge in [0.25, 0.3) is 0 Å². The molecule has 2 aliphatic rings. The molecule has 2 fully saturated rings. The van der Waals surface area contributed by atoms with Gasteiger partial charge >= 0.3 is 12.4 Å². The van der Waals surface area contributed by atoms with Gasteiger partial charge in [-0.15, -0.1) is 0 Å². The Hall–Kier alpha value is -5.70. The topological polar surface area (TPSA) is 27.7 Å². The van der Waals surface area contributed by atoms with Gasteiger partial charge in [0.1, 0.15) is 17.3 Å². The number of rotatable bonds is 30. The molecule has 0 aliphatic heterocycles. The van der Waals surface area contributed by atoms with Crippen molar-refractivity contribution in [3.05, 3.63) is 180 Å². The fourth-order valence-electron chi connectivity index (χ4n) is 10.5. The fraction of sp³-hybridized carbons (Fsp3) is 0.455. The van der Waals surface area contributed by atoms with Crippen molar-refractivity contribution in [2.45, 2.75) is 154 Å². The minimum Gasteiger partial charge on any atom is -0.494 e. The van der Waals surface area contributed by atoms with E-state index in [1.807, 2.05) is 30.3 Å². The van der Waals surface area contributed by atoms with Crippen LogP contribution in [0.3, 0.4) is 0 Å². The van der Waals surface area contributed by atoms with Crippen molar-refractivity contribution in [2.75, 3.05) is 19.8 Å². The summed E-state index contributed by atoms with van der Waals surface area (Å²) in [5.74, 6) is 3.30. The summed E-state index contributed by atoms with van der Waals surface area (Å²) in [6, 6.07) is 31.6. The number of hydrogen-bond acceptors (Lipinski definition) is 3. The average molecular weight is 1040 g/mol. The molecule has 0 bridgehead atoms. The Bertz CT molecular complexity index is 2260. The molecule has 0 aromatic heterocycles. The van der Waals surface area contributed by atoms with E-state index in [0.29, 0.717) is 36.7 Å². The third kappa shape index (κ3) is 22.2. The highest BCUT2D eigenvalue weighted by Crippen LogP contribution is 2.43. The Kier molecular flexibility index (Phi) is 23.1. The maximum Gasteiger partial charge on any atom is 0.389 e. The van der Waals surface area contributed by atoms with Crippen LogP contribution in [0.15, 0.2) is 147 Å². The van der Waals surface area contributed by atoms with Gasteiger partial charge < -0.3 is 14.2 Å². The molecule has 6 rings (SSSR count). The molecule has 4 aromatic carbocycles. The van der Waals surface area contributed by atoms with Crippen molar-refractivity contribution < 1.29 is 40.6 Å². The molecular weight excluding hydrogens is 955 g/mol. The second-order valence-corrected chi connectivity index (χ2v) is 21.4. The first-order valence-electron chi connectivity index (χ1n) is 27.5. The van der Waals surface area contributed by atoms with Gasteiger partial charge in [-0.3, -0.25) is 0 Å². The predicted molar refractivity (Wildman–Crippen MR) is 298 cm³/mol. The minimum absolute atomic E-state index is 0.00438.